The number of carbonyl (C=O) groups excluding carboxylic acids is 1. The summed E-state index contributed by atoms with van der Waals surface area (Å²) >= 11 is 0. The summed E-state index contributed by atoms with van der Waals surface area (Å²) in [4.78, 5) is 14.1. The number of rotatable bonds is 7. The van der Waals surface area contributed by atoms with E-state index in [0.29, 0.717) is 32.5 Å². The highest BCUT2D eigenvalue weighted by Crippen LogP contribution is 2.27. The molecule has 0 bridgehead atoms. The molecule has 1 N–H and O–H groups in total. The lowest BCUT2D eigenvalue weighted by molar-refractivity contribution is 0.0807. The predicted molar refractivity (Wildman–Crippen MR) is 88.2 cm³/mol. The number of nitrogens with zero attached hydrogens (tertiary/aromatic N) is 3. The van der Waals surface area contributed by atoms with Gasteiger partial charge in [0.25, 0.3) is 0 Å². The van der Waals surface area contributed by atoms with Crippen molar-refractivity contribution < 1.29 is 14.6 Å². The fraction of sp³-hybridized carbons (Fsp3) is 0.647. The van der Waals surface area contributed by atoms with Crippen molar-refractivity contribution >= 4 is 6.09 Å². The van der Waals surface area contributed by atoms with Crippen LogP contribution in [-0.2, 0) is 30.7 Å². The van der Waals surface area contributed by atoms with Crippen molar-refractivity contribution in [3.05, 3.63) is 29.6 Å². The van der Waals surface area contributed by atoms with Gasteiger partial charge in [-0.15, -0.1) is 6.58 Å². The minimum absolute atomic E-state index is 0.0608. The van der Waals surface area contributed by atoms with E-state index in [4.69, 9.17) is 4.74 Å². The maximum absolute atomic E-state index is 12.3. The quantitative estimate of drug-likeness (QED) is 0.618. The van der Waals surface area contributed by atoms with E-state index in [1.165, 1.54) is 0 Å². The third kappa shape index (κ3) is 3.93. The summed E-state index contributed by atoms with van der Waals surface area (Å²) in [6, 6.07) is 0.0608. The van der Waals surface area contributed by atoms with Crippen molar-refractivity contribution in [1.29, 1.82) is 0 Å². The van der Waals surface area contributed by atoms with E-state index < -0.39 is 0 Å². The predicted octanol–water partition coefficient (Wildman–Crippen LogP) is 2.29. The summed E-state index contributed by atoms with van der Waals surface area (Å²) in [7, 11) is 0. The summed E-state index contributed by atoms with van der Waals surface area (Å²) in [6.45, 7) is 9.47. The Kier molecular flexibility index (Phi) is 6.21. The Morgan fingerprint density at radius 1 is 1.57 bits per heavy atom. The zero-order chi connectivity index (χ0) is 16.8. The molecule has 128 valence electrons. The number of aliphatic hydroxyl groups excluding tert-OH is 1. The molecule has 0 spiro atoms. The second-order valence-corrected chi connectivity index (χ2v) is 5.97. The van der Waals surface area contributed by atoms with E-state index in [0.717, 1.165) is 29.8 Å². The van der Waals surface area contributed by atoms with Crippen LogP contribution in [-0.4, -0.2) is 45.1 Å². The standard InChI is InChI=1S/C17H27N3O3/c1-4-6-10-23-17(22)19-12-14-15(11-13(19)3)18-20(8-5-2)16(14)7-9-21/h5,13,21H,2,4,6-12H2,1,3H3. The van der Waals surface area contributed by atoms with Gasteiger partial charge in [-0.3, -0.25) is 4.68 Å². The number of hydrogen-bond acceptors (Lipinski definition) is 4. The van der Waals surface area contributed by atoms with Crippen LogP contribution in [0, 0.1) is 0 Å². The maximum Gasteiger partial charge on any atom is 0.410 e. The van der Waals surface area contributed by atoms with Crippen LogP contribution in [0.15, 0.2) is 12.7 Å². The smallest absolute Gasteiger partial charge is 0.410 e. The summed E-state index contributed by atoms with van der Waals surface area (Å²) < 4.78 is 7.24. The molecule has 1 aliphatic heterocycles. The van der Waals surface area contributed by atoms with E-state index in [-0.39, 0.29) is 18.7 Å². The maximum atomic E-state index is 12.3. The highest BCUT2D eigenvalue weighted by atomic mass is 16.6. The van der Waals surface area contributed by atoms with Crippen LogP contribution in [0.5, 0.6) is 0 Å². The van der Waals surface area contributed by atoms with Gasteiger partial charge in [0.05, 0.1) is 25.4 Å². The zero-order valence-electron chi connectivity index (χ0n) is 14.1. The van der Waals surface area contributed by atoms with Gasteiger partial charge in [0.1, 0.15) is 0 Å². The van der Waals surface area contributed by atoms with E-state index in [9.17, 15) is 9.90 Å². The third-order valence-corrected chi connectivity index (χ3v) is 4.21. The molecule has 2 heterocycles. The Balaban J connectivity index is 2.19. The van der Waals surface area contributed by atoms with Crippen LogP contribution in [0.3, 0.4) is 0 Å². The minimum atomic E-state index is -0.261. The molecule has 1 aromatic heterocycles. The average molecular weight is 321 g/mol. The fourth-order valence-electron chi connectivity index (χ4n) is 2.94. The van der Waals surface area contributed by atoms with Gasteiger partial charge in [0, 0.05) is 36.7 Å². The van der Waals surface area contributed by atoms with Gasteiger partial charge >= 0.3 is 6.09 Å². The second-order valence-electron chi connectivity index (χ2n) is 5.97. The monoisotopic (exact) mass is 321 g/mol. The highest BCUT2D eigenvalue weighted by molar-refractivity contribution is 5.68. The molecule has 0 aromatic carbocycles. The largest absolute Gasteiger partial charge is 0.449 e. The summed E-state index contributed by atoms with van der Waals surface area (Å²) in [5.41, 5.74) is 3.05. The zero-order valence-corrected chi connectivity index (χ0v) is 14.1. The average Bonchev–Trinajstić information content (AvgIpc) is 2.84. The van der Waals surface area contributed by atoms with Gasteiger partial charge in [-0.2, -0.15) is 5.10 Å². The summed E-state index contributed by atoms with van der Waals surface area (Å²) in [5, 5.41) is 14.0. The number of amides is 1. The summed E-state index contributed by atoms with van der Waals surface area (Å²) in [6.07, 6.45) is 4.65. The van der Waals surface area contributed by atoms with Gasteiger partial charge in [0.2, 0.25) is 0 Å². The molecular formula is C17H27N3O3. The molecule has 0 aliphatic carbocycles. The first kappa shape index (κ1) is 17.5. The normalized spacial score (nSPS) is 17.0. The van der Waals surface area contributed by atoms with Crippen molar-refractivity contribution in [1.82, 2.24) is 14.7 Å². The number of fused-ring (bicyclic) bond motifs is 1. The summed E-state index contributed by atoms with van der Waals surface area (Å²) in [5.74, 6) is 0. The molecule has 6 heteroatoms. The first-order valence-electron chi connectivity index (χ1n) is 8.34. The van der Waals surface area contributed by atoms with Crippen LogP contribution < -0.4 is 0 Å². The van der Waals surface area contributed by atoms with Crippen molar-refractivity contribution in [2.45, 2.75) is 58.7 Å². The fourth-order valence-corrected chi connectivity index (χ4v) is 2.94. The highest BCUT2D eigenvalue weighted by Gasteiger charge is 2.32. The van der Waals surface area contributed by atoms with Crippen molar-refractivity contribution in [2.24, 2.45) is 0 Å². The molecule has 0 radical (unpaired) electrons. The number of hydrogen-bond donors (Lipinski definition) is 1. The molecule has 6 nitrogen and oxygen atoms in total. The van der Waals surface area contributed by atoms with Gasteiger partial charge in [-0.05, 0) is 13.3 Å². The minimum Gasteiger partial charge on any atom is -0.449 e. The molecule has 0 fully saturated rings. The van der Waals surface area contributed by atoms with Gasteiger partial charge < -0.3 is 14.7 Å². The number of allylic oxidation sites excluding steroid dienone is 1. The number of unbranched alkanes of at least 4 members (excludes halogenated alkanes) is 1. The Morgan fingerprint density at radius 2 is 2.35 bits per heavy atom. The number of carbonyl (C=O) groups is 1. The lowest BCUT2D eigenvalue weighted by atomic mass is 9.99. The molecule has 1 aliphatic rings. The molecule has 1 atom stereocenters. The lowest BCUT2D eigenvalue weighted by Gasteiger charge is -2.32. The molecular weight excluding hydrogens is 294 g/mol. The first-order valence-corrected chi connectivity index (χ1v) is 8.34. The third-order valence-electron chi connectivity index (χ3n) is 4.21. The molecule has 0 saturated heterocycles. The molecule has 1 aromatic rings. The number of aromatic nitrogens is 2. The molecule has 23 heavy (non-hydrogen) atoms. The van der Waals surface area contributed by atoms with Crippen LogP contribution in [0.25, 0.3) is 0 Å². The SMILES string of the molecule is C=CCn1nc2c(c1CCO)CN(C(=O)OCCCC)C(C)C2. The van der Waals surface area contributed by atoms with Crippen molar-refractivity contribution in [2.75, 3.05) is 13.2 Å². The number of aliphatic hydroxyl groups is 1. The topological polar surface area (TPSA) is 67.6 Å². The Labute approximate surface area is 137 Å². The van der Waals surface area contributed by atoms with E-state index in [2.05, 4.69) is 18.6 Å². The van der Waals surface area contributed by atoms with Crippen LogP contribution in [0.1, 0.15) is 43.6 Å². The van der Waals surface area contributed by atoms with E-state index in [1.54, 1.807) is 11.0 Å². The molecule has 1 amide bonds. The van der Waals surface area contributed by atoms with Crippen LogP contribution in [0.2, 0.25) is 0 Å². The Morgan fingerprint density at radius 3 is 3.00 bits per heavy atom. The number of ether oxygens (including phenoxy) is 1. The second kappa shape index (κ2) is 8.15. The van der Waals surface area contributed by atoms with Gasteiger partial charge in [-0.1, -0.05) is 19.4 Å². The molecule has 2 rings (SSSR count). The van der Waals surface area contributed by atoms with Gasteiger partial charge in [-0.25, -0.2) is 4.79 Å². The Bertz CT molecular complexity index is 554. The van der Waals surface area contributed by atoms with Crippen molar-refractivity contribution in [3.8, 4) is 0 Å². The van der Waals surface area contributed by atoms with Crippen molar-refractivity contribution in [3.63, 3.8) is 0 Å². The van der Waals surface area contributed by atoms with E-state index in [1.807, 2.05) is 11.6 Å². The van der Waals surface area contributed by atoms with Crippen LogP contribution >= 0.6 is 0 Å². The van der Waals surface area contributed by atoms with E-state index >= 15 is 0 Å². The Hall–Kier alpha value is -1.82. The van der Waals surface area contributed by atoms with Gasteiger partial charge in [0.15, 0.2) is 0 Å². The molecule has 1 unspecified atom stereocenters. The molecule has 0 saturated carbocycles. The van der Waals surface area contributed by atoms with Crippen LogP contribution in [0.4, 0.5) is 4.79 Å². The first-order chi connectivity index (χ1) is 11.1. The lowest BCUT2D eigenvalue weighted by Crippen LogP contribution is -2.43.